The molecule has 0 unspecified atom stereocenters. The van der Waals surface area contributed by atoms with Crippen molar-refractivity contribution in [1.29, 1.82) is 0 Å². The molecule has 0 aliphatic carbocycles. The van der Waals surface area contributed by atoms with E-state index in [4.69, 9.17) is 4.74 Å². The number of para-hydroxylation sites is 2. The molecule has 1 heterocycles. The Morgan fingerprint density at radius 1 is 1.11 bits per heavy atom. The van der Waals surface area contributed by atoms with Crippen molar-refractivity contribution in [2.24, 2.45) is 10.1 Å². The second kappa shape index (κ2) is 7.96. The molecule has 0 saturated heterocycles. The van der Waals surface area contributed by atoms with Crippen LogP contribution in [0.2, 0.25) is 0 Å². The van der Waals surface area contributed by atoms with E-state index in [1.54, 1.807) is 4.68 Å². The van der Waals surface area contributed by atoms with Gasteiger partial charge < -0.3 is 20.1 Å². The summed E-state index contributed by atoms with van der Waals surface area (Å²) in [5.41, 5.74) is 1.81. The number of hydrogen-bond acceptors (Lipinski definition) is 7. The maximum absolute atomic E-state index is 9.93. The van der Waals surface area contributed by atoms with Gasteiger partial charge in [0.05, 0.1) is 18.5 Å². The Bertz CT molecular complexity index is 1050. The molecule has 0 radical (unpaired) electrons. The van der Waals surface area contributed by atoms with E-state index in [1.807, 2.05) is 43.5 Å². The second-order valence-electron chi connectivity index (χ2n) is 5.60. The zero-order chi connectivity index (χ0) is 19.4. The number of phenols is 3. The summed E-state index contributed by atoms with van der Waals surface area (Å²) >= 11 is 1.42. The van der Waals surface area contributed by atoms with Gasteiger partial charge in [0.2, 0.25) is 10.6 Å². The molecule has 2 aromatic carbocycles. The minimum Gasteiger partial charge on any atom is -0.504 e. The highest BCUT2D eigenvalue weighted by molar-refractivity contribution is 7.07. The summed E-state index contributed by atoms with van der Waals surface area (Å²) < 4.78 is 7.23. The highest BCUT2D eigenvalue weighted by Crippen LogP contribution is 2.36. The molecule has 7 nitrogen and oxygen atoms in total. The Morgan fingerprint density at radius 3 is 2.67 bits per heavy atom. The molecule has 0 amide bonds. The number of rotatable bonds is 5. The van der Waals surface area contributed by atoms with E-state index in [-0.39, 0.29) is 5.56 Å². The number of thiazole rings is 1. The lowest BCUT2D eigenvalue weighted by Gasteiger charge is -2.06. The zero-order valence-corrected chi connectivity index (χ0v) is 15.6. The number of ether oxygens (including phenoxy) is 1. The van der Waals surface area contributed by atoms with E-state index < -0.39 is 17.2 Å². The summed E-state index contributed by atoms with van der Waals surface area (Å²) in [7, 11) is 0. The fourth-order valence-electron chi connectivity index (χ4n) is 2.34. The highest BCUT2D eigenvalue weighted by atomic mass is 32.1. The Hall–Kier alpha value is -3.26. The first-order valence-corrected chi connectivity index (χ1v) is 9.11. The SMILES string of the molecule is CCOc1ccccc1/N=c1\scc(C)n1/N=C/c1ccc(O)c(O)c1O. The van der Waals surface area contributed by atoms with Crippen LogP contribution in [0.1, 0.15) is 18.2 Å². The van der Waals surface area contributed by atoms with E-state index in [2.05, 4.69) is 10.1 Å². The van der Waals surface area contributed by atoms with E-state index in [0.29, 0.717) is 22.8 Å². The van der Waals surface area contributed by atoms with Gasteiger partial charge in [-0.3, -0.25) is 0 Å². The van der Waals surface area contributed by atoms with Crippen LogP contribution in [-0.4, -0.2) is 32.8 Å². The van der Waals surface area contributed by atoms with Gasteiger partial charge in [-0.1, -0.05) is 12.1 Å². The molecule has 3 rings (SSSR count). The van der Waals surface area contributed by atoms with Crippen molar-refractivity contribution in [2.45, 2.75) is 13.8 Å². The van der Waals surface area contributed by atoms with Gasteiger partial charge in [-0.25, -0.2) is 9.67 Å². The fourth-order valence-corrected chi connectivity index (χ4v) is 3.16. The smallest absolute Gasteiger partial charge is 0.211 e. The number of hydrogen-bond donors (Lipinski definition) is 3. The quantitative estimate of drug-likeness (QED) is 0.462. The number of aromatic nitrogens is 1. The summed E-state index contributed by atoms with van der Waals surface area (Å²) in [5, 5.41) is 35.2. The van der Waals surface area contributed by atoms with Crippen molar-refractivity contribution in [1.82, 2.24) is 4.68 Å². The molecule has 8 heteroatoms. The molecular formula is C19H19N3O4S. The van der Waals surface area contributed by atoms with Crippen molar-refractivity contribution >= 4 is 23.2 Å². The first kappa shape index (κ1) is 18.5. The van der Waals surface area contributed by atoms with Crippen LogP contribution >= 0.6 is 11.3 Å². The summed E-state index contributed by atoms with van der Waals surface area (Å²) in [5.74, 6) is -0.733. The van der Waals surface area contributed by atoms with Crippen molar-refractivity contribution in [3.8, 4) is 23.0 Å². The third-order valence-corrected chi connectivity index (χ3v) is 4.64. The largest absolute Gasteiger partial charge is 0.504 e. The number of phenolic OH excluding ortho intramolecular Hbond substituents is 3. The van der Waals surface area contributed by atoms with Crippen LogP contribution in [0.3, 0.4) is 0 Å². The lowest BCUT2D eigenvalue weighted by Crippen LogP contribution is -2.11. The van der Waals surface area contributed by atoms with Crippen LogP contribution in [0.25, 0.3) is 0 Å². The second-order valence-corrected chi connectivity index (χ2v) is 6.44. The Kier molecular flexibility index (Phi) is 5.46. The van der Waals surface area contributed by atoms with Gasteiger partial charge in [-0.05, 0) is 38.1 Å². The van der Waals surface area contributed by atoms with Gasteiger partial charge in [-0.2, -0.15) is 5.10 Å². The maximum Gasteiger partial charge on any atom is 0.211 e. The number of aromatic hydroxyl groups is 3. The summed E-state index contributed by atoms with van der Waals surface area (Å²) in [6.07, 6.45) is 1.39. The molecule has 140 valence electrons. The highest BCUT2D eigenvalue weighted by Gasteiger charge is 2.10. The summed E-state index contributed by atoms with van der Waals surface area (Å²) in [6.45, 7) is 4.34. The molecule has 1 aromatic heterocycles. The maximum atomic E-state index is 9.93. The van der Waals surface area contributed by atoms with Crippen LogP contribution in [-0.2, 0) is 0 Å². The van der Waals surface area contributed by atoms with Gasteiger partial charge >= 0.3 is 0 Å². The first-order chi connectivity index (χ1) is 13.0. The summed E-state index contributed by atoms with van der Waals surface area (Å²) in [6, 6.07) is 10.2. The van der Waals surface area contributed by atoms with Gasteiger partial charge in [0.1, 0.15) is 11.4 Å². The molecule has 0 atom stereocenters. The number of benzene rings is 2. The third-order valence-electron chi connectivity index (χ3n) is 3.70. The lowest BCUT2D eigenvalue weighted by molar-refractivity contribution is 0.341. The van der Waals surface area contributed by atoms with Crippen molar-refractivity contribution in [2.75, 3.05) is 6.61 Å². The molecule has 0 fully saturated rings. The zero-order valence-electron chi connectivity index (χ0n) is 14.8. The van der Waals surface area contributed by atoms with Gasteiger partial charge in [0, 0.05) is 10.9 Å². The Balaban J connectivity index is 2.03. The van der Waals surface area contributed by atoms with E-state index in [9.17, 15) is 15.3 Å². The minimum atomic E-state index is -0.582. The molecule has 3 N–H and O–H groups in total. The molecule has 0 bridgehead atoms. The fraction of sp³-hybridized carbons (Fsp3) is 0.158. The molecule has 0 aliphatic rings. The average Bonchev–Trinajstić information content (AvgIpc) is 3.01. The van der Waals surface area contributed by atoms with Gasteiger partial charge in [0.15, 0.2) is 11.5 Å². The minimum absolute atomic E-state index is 0.268. The van der Waals surface area contributed by atoms with Crippen LogP contribution in [0.5, 0.6) is 23.0 Å². The van der Waals surface area contributed by atoms with Crippen molar-refractivity contribution < 1.29 is 20.1 Å². The monoisotopic (exact) mass is 385 g/mol. The third kappa shape index (κ3) is 3.95. The average molecular weight is 385 g/mol. The summed E-state index contributed by atoms with van der Waals surface area (Å²) in [4.78, 5) is 5.26. The molecule has 27 heavy (non-hydrogen) atoms. The molecule has 0 saturated carbocycles. The van der Waals surface area contributed by atoms with Crippen molar-refractivity contribution in [3.05, 3.63) is 57.8 Å². The van der Waals surface area contributed by atoms with E-state index in [1.165, 1.54) is 29.7 Å². The molecular weight excluding hydrogens is 366 g/mol. The van der Waals surface area contributed by atoms with Crippen LogP contribution in [0.15, 0.2) is 51.9 Å². The van der Waals surface area contributed by atoms with Crippen LogP contribution < -0.4 is 9.54 Å². The standard InChI is InChI=1S/C19H19N3O4S/c1-3-26-16-7-5-4-6-14(16)21-19-22(12(2)11-27-19)20-10-13-8-9-15(23)18(25)17(13)24/h4-11,23-25H,3H2,1-2H3/b20-10+,21-19-. The molecule has 0 spiro atoms. The van der Waals surface area contributed by atoms with Crippen molar-refractivity contribution in [3.63, 3.8) is 0 Å². The first-order valence-electron chi connectivity index (χ1n) is 8.23. The number of aryl methyl sites for hydroxylation is 1. The topological polar surface area (TPSA) is 99.6 Å². The predicted molar refractivity (Wildman–Crippen MR) is 104 cm³/mol. The molecule has 3 aromatic rings. The normalized spacial score (nSPS) is 12.0. The number of nitrogens with zero attached hydrogens (tertiary/aromatic N) is 3. The predicted octanol–water partition coefficient (Wildman–Crippen LogP) is 3.49. The van der Waals surface area contributed by atoms with Gasteiger partial charge in [0.25, 0.3) is 0 Å². The van der Waals surface area contributed by atoms with E-state index >= 15 is 0 Å². The van der Waals surface area contributed by atoms with E-state index in [0.717, 1.165) is 5.69 Å². The lowest BCUT2D eigenvalue weighted by atomic mass is 10.2. The van der Waals surface area contributed by atoms with Crippen LogP contribution in [0, 0.1) is 6.92 Å². The van der Waals surface area contributed by atoms with Crippen LogP contribution in [0.4, 0.5) is 5.69 Å². The Labute approximate surface area is 159 Å². The Morgan fingerprint density at radius 2 is 1.89 bits per heavy atom. The van der Waals surface area contributed by atoms with Gasteiger partial charge in [-0.15, -0.1) is 11.3 Å². The molecule has 0 aliphatic heterocycles.